The van der Waals surface area contributed by atoms with Crippen LogP contribution < -0.4 is 0 Å². The van der Waals surface area contributed by atoms with Crippen LogP contribution >= 0.6 is 11.6 Å². The fraction of sp³-hybridized carbons (Fsp3) is 0.500. The average molecular weight is 329 g/mol. The number of rotatable bonds is 1. The molecule has 1 aromatic carbocycles. The lowest BCUT2D eigenvalue weighted by Crippen LogP contribution is -2.59. The highest BCUT2D eigenvalue weighted by Gasteiger charge is 2.47. The van der Waals surface area contributed by atoms with Crippen molar-refractivity contribution < 1.29 is 13.2 Å². The Morgan fingerprint density at radius 1 is 1.19 bits per heavy atom. The monoisotopic (exact) mass is 328 g/mol. The van der Waals surface area contributed by atoms with Gasteiger partial charge in [-0.15, -0.1) is 0 Å². The van der Waals surface area contributed by atoms with Gasteiger partial charge in [-0.25, -0.2) is 8.42 Å². The third-order valence-electron chi connectivity index (χ3n) is 4.32. The minimum Gasteiger partial charge on any atom is -0.332 e. The maximum Gasteiger partial charge on any atom is 0.255 e. The normalized spacial score (nSPS) is 28.4. The molecule has 0 unspecified atom stereocenters. The van der Waals surface area contributed by atoms with E-state index in [1.165, 1.54) is 0 Å². The quantitative estimate of drug-likeness (QED) is 0.768. The van der Waals surface area contributed by atoms with Crippen molar-refractivity contribution in [2.75, 3.05) is 31.6 Å². The Labute approximate surface area is 129 Å². The molecule has 3 rings (SSSR count). The molecule has 0 radical (unpaired) electrons. The summed E-state index contributed by atoms with van der Waals surface area (Å²) >= 11 is 6.09. The van der Waals surface area contributed by atoms with Crippen LogP contribution in [0, 0.1) is 0 Å². The summed E-state index contributed by atoms with van der Waals surface area (Å²) in [5.41, 5.74) is 0.437. The summed E-state index contributed by atoms with van der Waals surface area (Å²) in [7, 11) is -1.18. The number of benzene rings is 1. The van der Waals surface area contributed by atoms with Crippen LogP contribution in [0.3, 0.4) is 0 Å². The third kappa shape index (κ3) is 2.67. The van der Waals surface area contributed by atoms with Crippen molar-refractivity contribution in [2.45, 2.75) is 12.1 Å². The molecule has 0 spiro atoms. The number of amides is 1. The molecule has 2 saturated heterocycles. The van der Waals surface area contributed by atoms with E-state index < -0.39 is 9.84 Å². The summed E-state index contributed by atoms with van der Waals surface area (Å²) in [4.78, 5) is 16.4. The van der Waals surface area contributed by atoms with Gasteiger partial charge in [-0.05, 0) is 19.2 Å². The lowest BCUT2D eigenvalue weighted by Gasteiger charge is -2.42. The lowest BCUT2D eigenvalue weighted by molar-refractivity contribution is 0.0410. The zero-order chi connectivity index (χ0) is 15.2. The van der Waals surface area contributed by atoms with Crippen LogP contribution in [-0.2, 0) is 9.84 Å². The van der Waals surface area contributed by atoms with E-state index in [1.54, 1.807) is 29.2 Å². The molecule has 0 bridgehead atoms. The first kappa shape index (κ1) is 14.8. The first-order valence-corrected chi connectivity index (χ1v) is 9.05. The molecular formula is C14H17ClN2O3S. The molecule has 0 N–H and O–H groups in total. The molecule has 2 aliphatic heterocycles. The van der Waals surface area contributed by atoms with Gasteiger partial charge in [0.15, 0.2) is 9.84 Å². The van der Waals surface area contributed by atoms with Crippen molar-refractivity contribution in [1.29, 1.82) is 0 Å². The first-order valence-electron chi connectivity index (χ1n) is 6.85. The van der Waals surface area contributed by atoms with E-state index in [0.717, 1.165) is 0 Å². The van der Waals surface area contributed by atoms with Gasteiger partial charge in [0, 0.05) is 19.1 Å². The largest absolute Gasteiger partial charge is 0.332 e. The van der Waals surface area contributed by atoms with Crippen LogP contribution in [-0.4, -0.2) is 67.9 Å². The van der Waals surface area contributed by atoms with Crippen molar-refractivity contribution in [1.82, 2.24) is 9.80 Å². The number of likely N-dealkylation sites (N-methyl/N-ethyl adjacent to an activating group) is 1. The van der Waals surface area contributed by atoms with Gasteiger partial charge >= 0.3 is 0 Å². The van der Waals surface area contributed by atoms with E-state index in [0.29, 0.717) is 23.7 Å². The summed E-state index contributed by atoms with van der Waals surface area (Å²) < 4.78 is 23.8. The van der Waals surface area contributed by atoms with E-state index in [4.69, 9.17) is 11.6 Å². The van der Waals surface area contributed by atoms with Gasteiger partial charge < -0.3 is 4.90 Å². The molecule has 1 aromatic rings. The topological polar surface area (TPSA) is 57.7 Å². The molecule has 2 heterocycles. The molecule has 2 fully saturated rings. The zero-order valence-electron chi connectivity index (χ0n) is 11.7. The Kier molecular flexibility index (Phi) is 3.71. The standard InChI is InChI=1S/C14H17ClN2O3S/c1-16-6-7-17(13-9-21(19,20)8-12(13)16)14(18)10-4-2-3-5-11(10)15/h2-5,12-13H,6-9H2,1H3/t12-,13+/m0/s1. The predicted molar refractivity (Wildman–Crippen MR) is 81.3 cm³/mol. The lowest BCUT2D eigenvalue weighted by atomic mass is 10.0. The summed E-state index contributed by atoms with van der Waals surface area (Å²) in [6.07, 6.45) is 0. The van der Waals surface area contributed by atoms with Crippen LogP contribution in [0.15, 0.2) is 24.3 Å². The van der Waals surface area contributed by atoms with Crippen LogP contribution in [0.5, 0.6) is 0 Å². The summed E-state index contributed by atoms with van der Waals surface area (Å²) in [5.74, 6) is -0.0145. The van der Waals surface area contributed by atoms with Gasteiger partial charge in [-0.3, -0.25) is 9.69 Å². The van der Waals surface area contributed by atoms with Crippen molar-refractivity contribution in [3.05, 3.63) is 34.9 Å². The van der Waals surface area contributed by atoms with Gasteiger partial charge in [-0.2, -0.15) is 0 Å². The number of piperazine rings is 1. The molecule has 0 aliphatic carbocycles. The number of carbonyl (C=O) groups excluding carboxylic acids is 1. The number of sulfone groups is 1. The van der Waals surface area contributed by atoms with Crippen LogP contribution in [0.25, 0.3) is 0 Å². The Bertz CT molecular complexity index is 677. The van der Waals surface area contributed by atoms with Crippen molar-refractivity contribution in [3.63, 3.8) is 0 Å². The molecule has 5 nitrogen and oxygen atoms in total. The highest BCUT2D eigenvalue weighted by molar-refractivity contribution is 7.91. The Morgan fingerprint density at radius 2 is 1.86 bits per heavy atom. The maximum atomic E-state index is 12.7. The fourth-order valence-corrected chi connectivity index (χ4v) is 5.44. The van der Waals surface area contributed by atoms with E-state index >= 15 is 0 Å². The van der Waals surface area contributed by atoms with Crippen LogP contribution in [0.4, 0.5) is 0 Å². The molecular weight excluding hydrogens is 312 g/mol. The van der Waals surface area contributed by atoms with Gasteiger partial charge in [0.05, 0.1) is 28.1 Å². The van der Waals surface area contributed by atoms with Gasteiger partial charge in [0.1, 0.15) is 0 Å². The van der Waals surface area contributed by atoms with Crippen LogP contribution in [0.2, 0.25) is 5.02 Å². The predicted octanol–water partition coefficient (Wildman–Crippen LogP) is 0.893. The number of hydrogen-bond acceptors (Lipinski definition) is 4. The number of nitrogens with zero attached hydrogens (tertiary/aromatic N) is 2. The molecule has 21 heavy (non-hydrogen) atoms. The second-order valence-corrected chi connectivity index (χ2v) is 8.23. The van der Waals surface area contributed by atoms with E-state index in [9.17, 15) is 13.2 Å². The highest BCUT2D eigenvalue weighted by Crippen LogP contribution is 2.28. The minimum absolute atomic E-state index is 0.0399. The first-order chi connectivity index (χ1) is 9.89. The van der Waals surface area contributed by atoms with E-state index in [-0.39, 0.29) is 29.5 Å². The van der Waals surface area contributed by atoms with Crippen molar-refractivity contribution in [2.24, 2.45) is 0 Å². The average Bonchev–Trinajstić information content (AvgIpc) is 2.75. The van der Waals surface area contributed by atoms with Gasteiger partial charge in [-0.1, -0.05) is 23.7 Å². The summed E-state index contributed by atoms with van der Waals surface area (Å²) in [6.45, 7) is 1.20. The SMILES string of the molecule is CN1CCN(C(=O)c2ccccc2Cl)[C@@H]2CS(=O)(=O)C[C@@H]21. The minimum atomic E-state index is -3.09. The number of hydrogen-bond donors (Lipinski definition) is 0. The van der Waals surface area contributed by atoms with Gasteiger partial charge in [0.25, 0.3) is 5.91 Å². The zero-order valence-corrected chi connectivity index (χ0v) is 13.3. The molecule has 7 heteroatoms. The number of carbonyl (C=O) groups is 1. The van der Waals surface area contributed by atoms with Crippen molar-refractivity contribution >= 4 is 27.3 Å². The van der Waals surface area contributed by atoms with Gasteiger partial charge in [0.2, 0.25) is 0 Å². The van der Waals surface area contributed by atoms with E-state index in [1.807, 2.05) is 11.9 Å². The smallest absolute Gasteiger partial charge is 0.255 e. The second kappa shape index (κ2) is 5.26. The fourth-order valence-electron chi connectivity index (χ4n) is 3.17. The molecule has 0 saturated carbocycles. The Hall–Kier alpha value is -1.11. The molecule has 0 aromatic heterocycles. The summed E-state index contributed by atoms with van der Waals surface area (Å²) in [5, 5.41) is 0.402. The Balaban J connectivity index is 1.92. The molecule has 2 atom stereocenters. The van der Waals surface area contributed by atoms with Crippen LogP contribution in [0.1, 0.15) is 10.4 Å². The maximum absolute atomic E-state index is 12.7. The molecule has 2 aliphatic rings. The summed E-state index contributed by atoms with van der Waals surface area (Å²) in [6, 6.07) is 6.49. The number of halogens is 1. The third-order valence-corrected chi connectivity index (χ3v) is 6.35. The highest BCUT2D eigenvalue weighted by atomic mass is 35.5. The molecule has 114 valence electrons. The molecule has 1 amide bonds. The Morgan fingerprint density at radius 3 is 2.57 bits per heavy atom. The van der Waals surface area contributed by atoms with E-state index in [2.05, 4.69) is 0 Å². The van der Waals surface area contributed by atoms with Crippen molar-refractivity contribution in [3.8, 4) is 0 Å². The second-order valence-electron chi connectivity index (χ2n) is 5.67. The number of fused-ring (bicyclic) bond motifs is 1.